The molecule has 0 bridgehead atoms. The van der Waals surface area contributed by atoms with Crippen LogP contribution in [0.15, 0.2) is 60.7 Å². The number of benzene rings is 2. The van der Waals surface area contributed by atoms with Gasteiger partial charge in [-0.1, -0.05) is 36.4 Å². The first-order valence-corrected chi connectivity index (χ1v) is 8.61. The van der Waals surface area contributed by atoms with Gasteiger partial charge in [-0.15, -0.1) is 0 Å². The number of carbonyl (C=O) groups excluding carboxylic acids is 2. The smallest absolute Gasteiger partial charge is 0.251 e. The second-order valence-corrected chi connectivity index (χ2v) is 6.30. The van der Waals surface area contributed by atoms with E-state index in [0.717, 1.165) is 5.56 Å². The Morgan fingerprint density at radius 3 is 2.46 bits per heavy atom. The van der Waals surface area contributed by atoms with Crippen molar-refractivity contribution in [2.24, 2.45) is 0 Å². The van der Waals surface area contributed by atoms with E-state index < -0.39 is 0 Å². The van der Waals surface area contributed by atoms with Gasteiger partial charge in [-0.25, -0.2) is 0 Å². The van der Waals surface area contributed by atoms with Gasteiger partial charge >= 0.3 is 0 Å². The van der Waals surface area contributed by atoms with Crippen LogP contribution < -0.4 is 16.0 Å². The number of amides is 2. The summed E-state index contributed by atoms with van der Waals surface area (Å²) in [4.78, 5) is 24.0. The highest BCUT2D eigenvalue weighted by atomic mass is 32.1. The molecule has 2 aromatic rings. The highest BCUT2D eigenvalue weighted by molar-refractivity contribution is 7.80. The van der Waals surface area contributed by atoms with Gasteiger partial charge in [-0.05, 0) is 55.9 Å². The summed E-state index contributed by atoms with van der Waals surface area (Å²) in [6.45, 7) is 3.79. The zero-order valence-electron chi connectivity index (χ0n) is 14.7. The molecule has 3 N–H and O–H groups in total. The third kappa shape index (κ3) is 6.49. The lowest BCUT2D eigenvalue weighted by Gasteiger charge is -2.11. The molecule has 0 aliphatic rings. The maximum Gasteiger partial charge on any atom is 0.251 e. The van der Waals surface area contributed by atoms with Crippen molar-refractivity contribution < 1.29 is 9.59 Å². The summed E-state index contributed by atoms with van der Waals surface area (Å²) in [5, 5.41) is 8.47. The van der Waals surface area contributed by atoms with Crippen LogP contribution in [0.3, 0.4) is 0 Å². The molecule has 2 rings (SSSR count). The zero-order chi connectivity index (χ0) is 18.9. The summed E-state index contributed by atoms with van der Waals surface area (Å²) >= 11 is 5.14. The van der Waals surface area contributed by atoms with Crippen LogP contribution in [0.25, 0.3) is 6.08 Å². The number of carbonyl (C=O) groups is 2. The lowest BCUT2D eigenvalue weighted by molar-refractivity contribution is -0.115. The fraction of sp³-hybridized carbons (Fsp3) is 0.150. The van der Waals surface area contributed by atoms with Crippen molar-refractivity contribution in [3.05, 3.63) is 71.8 Å². The van der Waals surface area contributed by atoms with E-state index >= 15 is 0 Å². The maximum absolute atomic E-state index is 12.0. The quantitative estimate of drug-likeness (QED) is 0.560. The van der Waals surface area contributed by atoms with E-state index in [9.17, 15) is 9.59 Å². The fourth-order valence-electron chi connectivity index (χ4n) is 2.14. The number of nitrogens with one attached hydrogen (secondary N) is 3. The number of thiocarbonyl (C=S) groups is 1. The number of anilines is 1. The molecule has 2 amide bonds. The molecule has 0 radical (unpaired) electrons. The molecule has 0 heterocycles. The van der Waals surface area contributed by atoms with Crippen LogP contribution in [0.2, 0.25) is 0 Å². The third-order valence-corrected chi connectivity index (χ3v) is 3.47. The minimum Gasteiger partial charge on any atom is -0.350 e. The average molecular weight is 367 g/mol. The molecule has 0 aliphatic heterocycles. The molecule has 134 valence electrons. The molecule has 0 aliphatic carbocycles. The van der Waals surface area contributed by atoms with E-state index in [1.165, 1.54) is 6.08 Å². The van der Waals surface area contributed by atoms with Crippen molar-refractivity contribution in [1.82, 2.24) is 10.6 Å². The molecule has 0 aromatic heterocycles. The molecule has 26 heavy (non-hydrogen) atoms. The van der Waals surface area contributed by atoms with Crippen LogP contribution in [-0.2, 0) is 4.79 Å². The highest BCUT2D eigenvalue weighted by Crippen LogP contribution is 2.11. The Bertz CT molecular complexity index is 817. The van der Waals surface area contributed by atoms with E-state index in [-0.39, 0.29) is 23.0 Å². The topological polar surface area (TPSA) is 70.2 Å². The fourth-order valence-corrected chi connectivity index (χ4v) is 2.35. The van der Waals surface area contributed by atoms with Gasteiger partial charge in [0.2, 0.25) is 5.91 Å². The van der Waals surface area contributed by atoms with Gasteiger partial charge in [0.25, 0.3) is 5.91 Å². The molecule has 5 nitrogen and oxygen atoms in total. The molecule has 6 heteroatoms. The minimum atomic E-state index is -0.333. The molecular formula is C20H21N3O2S. The molecular weight excluding hydrogens is 346 g/mol. The van der Waals surface area contributed by atoms with Crippen LogP contribution in [0, 0.1) is 0 Å². The molecule has 0 atom stereocenters. The third-order valence-electron chi connectivity index (χ3n) is 3.27. The Balaban J connectivity index is 1.92. The van der Waals surface area contributed by atoms with E-state index in [4.69, 9.17) is 12.2 Å². The standard InChI is InChI=1S/C20H21N3O2S/c1-14(2)21-19(25)16-9-6-10-17(13-16)22-20(26)23-18(24)12-11-15-7-4-3-5-8-15/h3-14H,1-2H3,(H,21,25)(H2,22,23,24,26)/b12-11+. The van der Waals surface area contributed by atoms with Crippen LogP contribution in [0.1, 0.15) is 29.8 Å². The van der Waals surface area contributed by atoms with E-state index in [1.807, 2.05) is 44.2 Å². The Hall–Kier alpha value is -2.99. The van der Waals surface area contributed by atoms with Crippen molar-refractivity contribution in [1.29, 1.82) is 0 Å². The first kappa shape index (κ1) is 19.3. The van der Waals surface area contributed by atoms with Gasteiger partial charge in [-0.3, -0.25) is 14.9 Å². The van der Waals surface area contributed by atoms with Crippen molar-refractivity contribution in [3.63, 3.8) is 0 Å². The van der Waals surface area contributed by atoms with Gasteiger partial charge in [-0.2, -0.15) is 0 Å². The Morgan fingerprint density at radius 2 is 1.77 bits per heavy atom. The summed E-state index contributed by atoms with van der Waals surface area (Å²) in [5.41, 5.74) is 2.06. The average Bonchev–Trinajstić information content (AvgIpc) is 2.60. The van der Waals surface area contributed by atoms with Crippen molar-refractivity contribution in [2.75, 3.05) is 5.32 Å². The Labute approximate surface area is 158 Å². The van der Waals surface area contributed by atoms with Crippen LogP contribution in [0.4, 0.5) is 5.69 Å². The van der Waals surface area contributed by atoms with Gasteiger partial charge in [0.05, 0.1) is 0 Å². The SMILES string of the molecule is CC(C)NC(=O)c1cccc(NC(=S)NC(=O)/C=C/c2ccccc2)c1. The minimum absolute atomic E-state index is 0.0517. The van der Waals surface area contributed by atoms with Crippen molar-refractivity contribution >= 4 is 40.9 Å². The van der Waals surface area contributed by atoms with Gasteiger partial charge in [0.15, 0.2) is 5.11 Å². The zero-order valence-corrected chi connectivity index (χ0v) is 15.5. The van der Waals surface area contributed by atoms with Crippen molar-refractivity contribution in [3.8, 4) is 0 Å². The Morgan fingerprint density at radius 1 is 1.04 bits per heavy atom. The van der Waals surface area contributed by atoms with E-state index in [2.05, 4.69) is 16.0 Å². The molecule has 0 saturated carbocycles. The normalized spacial score (nSPS) is 10.6. The summed E-state index contributed by atoms with van der Waals surface area (Å²) < 4.78 is 0. The predicted octanol–water partition coefficient (Wildman–Crippen LogP) is 3.35. The first-order valence-electron chi connectivity index (χ1n) is 8.20. The first-order chi connectivity index (χ1) is 12.4. The van der Waals surface area contributed by atoms with Crippen LogP contribution >= 0.6 is 12.2 Å². The van der Waals surface area contributed by atoms with Crippen LogP contribution in [0.5, 0.6) is 0 Å². The lowest BCUT2D eigenvalue weighted by atomic mass is 10.2. The lowest BCUT2D eigenvalue weighted by Crippen LogP contribution is -2.33. The number of hydrogen-bond donors (Lipinski definition) is 3. The maximum atomic E-state index is 12.0. The largest absolute Gasteiger partial charge is 0.350 e. The monoisotopic (exact) mass is 367 g/mol. The summed E-state index contributed by atoms with van der Waals surface area (Å²) in [6.07, 6.45) is 3.12. The Kier molecular flexibility index (Phi) is 7.05. The van der Waals surface area contributed by atoms with E-state index in [0.29, 0.717) is 11.3 Å². The molecule has 0 unspecified atom stereocenters. The molecule has 0 spiro atoms. The molecule has 0 saturated heterocycles. The van der Waals surface area contributed by atoms with Crippen molar-refractivity contribution in [2.45, 2.75) is 19.9 Å². The van der Waals surface area contributed by atoms with E-state index in [1.54, 1.807) is 30.3 Å². The molecule has 2 aromatic carbocycles. The highest BCUT2D eigenvalue weighted by Gasteiger charge is 2.08. The second-order valence-electron chi connectivity index (χ2n) is 5.90. The molecule has 0 fully saturated rings. The van der Waals surface area contributed by atoms with Crippen LogP contribution in [-0.4, -0.2) is 23.0 Å². The summed E-state index contributed by atoms with van der Waals surface area (Å²) in [7, 11) is 0. The second kappa shape index (κ2) is 9.48. The number of hydrogen-bond acceptors (Lipinski definition) is 3. The van der Waals surface area contributed by atoms with Gasteiger partial charge in [0, 0.05) is 23.4 Å². The predicted molar refractivity (Wildman–Crippen MR) is 109 cm³/mol. The van der Waals surface area contributed by atoms with Gasteiger partial charge in [0.1, 0.15) is 0 Å². The summed E-state index contributed by atoms with van der Waals surface area (Å²) in [6, 6.07) is 16.5. The van der Waals surface area contributed by atoms with Gasteiger partial charge < -0.3 is 10.6 Å². The summed E-state index contributed by atoms with van der Waals surface area (Å²) in [5.74, 6) is -0.496. The number of rotatable bonds is 5.